The van der Waals surface area contributed by atoms with Gasteiger partial charge in [0.25, 0.3) is 5.91 Å². The fourth-order valence-electron chi connectivity index (χ4n) is 5.52. The smallest absolute Gasteiger partial charge is 0.255 e. The van der Waals surface area contributed by atoms with E-state index in [0.717, 1.165) is 24.3 Å². The quantitative estimate of drug-likeness (QED) is 0.427. The van der Waals surface area contributed by atoms with Crippen LogP contribution in [0.25, 0.3) is 6.08 Å². The van der Waals surface area contributed by atoms with Crippen LogP contribution in [0.1, 0.15) is 59.9 Å². The Balaban J connectivity index is 1.55. The van der Waals surface area contributed by atoms with E-state index >= 15 is 0 Å². The summed E-state index contributed by atoms with van der Waals surface area (Å²) in [5.74, 6) is 1.59. The Bertz CT molecular complexity index is 812. The van der Waals surface area contributed by atoms with Gasteiger partial charge in [-0.05, 0) is 63.4 Å². The Kier molecular flexibility index (Phi) is 5.06. The molecule has 4 heteroatoms. The van der Waals surface area contributed by atoms with Crippen molar-refractivity contribution in [2.45, 2.75) is 82.5 Å². The van der Waals surface area contributed by atoms with Crippen LogP contribution in [0, 0.1) is 17.3 Å². The van der Waals surface area contributed by atoms with Crippen LogP contribution >= 0.6 is 15.9 Å². The number of β-lactam (4-membered cyclic amide) rings is 1. The Hall–Kier alpha value is -1.13. The Morgan fingerprint density at radius 2 is 1.79 bits per heavy atom. The predicted molar refractivity (Wildman–Crippen MR) is 122 cm³/mol. The van der Waals surface area contributed by atoms with Crippen molar-refractivity contribution in [1.82, 2.24) is 4.90 Å². The second-order valence-electron chi connectivity index (χ2n) is 10.9. The van der Waals surface area contributed by atoms with E-state index in [1.165, 1.54) is 0 Å². The zero-order valence-corrected chi connectivity index (χ0v) is 20.1. The van der Waals surface area contributed by atoms with Crippen molar-refractivity contribution in [3.05, 3.63) is 42.0 Å². The van der Waals surface area contributed by atoms with Crippen molar-refractivity contribution in [2.75, 3.05) is 0 Å². The summed E-state index contributed by atoms with van der Waals surface area (Å²) in [5.41, 5.74) is 1.01. The summed E-state index contributed by atoms with van der Waals surface area (Å²) in [4.78, 5) is 15.4. The highest BCUT2D eigenvalue weighted by molar-refractivity contribution is 9.09. The first kappa shape index (κ1) is 21.1. The maximum absolute atomic E-state index is 13.1. The molecule has 2 aliphatic carbocycles. The van der Waals surface area contributed by atoms with E-state index in [9.17, 15) is 4.79 Å². The number of hydrogen-bond acceptors (Lipinski definition) is 2. The molecule has 0 aromatic heterocycles. The number of benzene rings is 1. The number of rotatable bonds is 4. The minimum Gasteiger partial charge on any atom is -0.359 e. The van der Waals surface area contributed by atoms with E-state index in [-0.39, 0.29) is 27.9 Å². The van der Waals surface area contributed by atoms with Crippen LogP contribution in [0.2, 0.25) is 0 Å². The van der Waals surface area contributed by atoms with Gasteiger partial charge in [0.05, 0.1) is 11.6 Å². The number of halogens is 1. The van der Waals surface area contributed by atoms with E-state index in [2.05, 4.69) is 81.8 Å². The maximum Gasteiger partial charge on any atom is 0.255 e. The molecule has 1 amide bonds. The first-order valence-corrected chi connectivity index (χ1v) is 11.7. The normalized spacial score (nSPS) is 38.7. The third-order valence-electron chi connectivity index (χ3n) is 7.53. The van der Waals surface area contributed by atoms with Crippen LogP contribution in [0.15, 0.2) is 36.4 Å². The molecule has 6 atom stereocenters. The summed E-state index contributed by atoms with van der Waals surface area (Å²) >= 11 is 3.91. The van der Waals surface area contributed by atoms with E-state index in [0.29, 0.717) is 11.3 Å². The molecule has 3 nitrogen and oxygen atoms in total. The van der Waals surface area contributed by atoms with Gasteiger partial charge in [0, 0.05) is 10.4 Å². The highest BCUT2D eigenvalue weighted by Crippen LogP contribution is 2.68. The number of alkyl halides is 1. The fraction of sp³-hybridized carbons (Fsp3) is 0.640. The molecule has 1 aromatic rings. The standard InChI is InChI=1S/C25H34BrNO2/c1-23(2,3)27-19(13-12-16-10-8-7-9-11-16)21(22(27)28)29-25(6)15-18-17(14-20(25)26)24(18,4)5/h7-13,17-21H,14-15H2,1-6H3/b13-12+/t17-,18+,19+,20-,21-,25-/m1/s1. The van der Waals surface area contributed by atoms with Crippen LogP contribution in [0.3, 0.4) is 0 Å². The number of fused-ring (bicyclic) bond motifs is 1. The van der Waals surface area contributed by atoms with Gasteiger partial charge < -0.3 is 9.64 Å². The Labute approximate surface area is 184 Å². The van der Waals surface area contributed by atoms with Crippen LogP contribution in [0.5, 0.6) is 0 Å². The fourth-order valence-corrected chi connectivity index (χ4v) is 6.22. The largest absolute Gasteiger partial charge is 0.359 e. The molecular formula is C25H34BrNO2. The Morgan fingerprint density at radius 1 is 1.14 bits per heavy atom. The minimum atomic E-state index is -0.405. The summed E-state index contributed by atoms with van der Waals surface area (Å²) in [7, 11) is 0. The summed E-state index contributed by atoms with van der Waals surface area (Å²) in [6.07, 6.45) is 6.00. The van der Waals surface area contributed by atoms with Gasteiger partial charge in [0.1, 0.15) is 0 Å². The van der Waals surface area contributed by atoms with Crippen LogP contribution in [0.4, 0.5) is 0 Å². The molecular weight excluding hydrogens is 426 g/mol. The zero-order chi connectivity index (χ0) is 21.2. The van der Waals surface area contributed by atoms with Gasteiger partial charge in [0.15, 0.2) is 6.10 Å². The second kappa shape index (κ2) is 6.95. The lowest BCUT2D eigenvalue weighted by Crippen LogP contribution is -2.72. The van der Waals surface area contributed by atoms with Gasteiger partial charge in [0.2, 0.25) is 0 Å². The molecule has 4 rings (SSSR count). The minimum absolute atomic E-state index is 0.0378. The molecule has 158 valence electrons. The number of likely N-dealkylation sites (tertiary alicyclic amines) is 1. The van der Waals surface area contributed by atoms with Crippen molar-refractivity contribution >= 4 is 27.9 Å². The number of carbonyl (C=O) groups is 1. The molecule has 29 heavy (non-hydrogen) atoms. The molecule has 0 radical (unpaired) electrons. The van der Waals surface area contributed by atoms with Gasteiger partial charge in [-0.25, -0.2) is 0 Å². The van der Waals surface area contributed by atoms with E-state index in [1.807, 2.05) is 23.1 Å². The maximum atomic E-state index is 13.1. The van der Waals surface area contributed by atoms with Crippen molar-refractivity contribution in [3.63, 3.8) is 0 Å². The lowest BCUT2D eigenvalue weighted by molar-refractivity contribution is -0.201. The van der Waals surface area contributed by atoms with Crippen molar-refractivity contribution < 1.29 is 9.53 Å². The summed E-state index contributed by atoms with van der Waals surface area (Å²) in [5, 5.41) is 0. The molecule has 0 bridgehead atoms. The van der Waals surface area contributed by atoms with Crippen LogP contribution in [-0.2, 0) is 9.53 Å². The molecule has 1 aromatic carbocycles. The highest BCUT2D eigenvalue weighted by Gasteiger charge is 2.65. The van der Waals surface area contributed by atoms with Crippen molar-refractivity contribution in [2.24, 2.45) is 17.3 Å². The number of amides is 1. The van der Waals surface area contributed by atoms with Gasteiger partial charge in [-0.3, -0.25) is 4.79 Å². The lowest BCUT2D eigenvalue weighted by atomic mass is 9.84. The third-order valence-corrected chi connectivity index (χ3v) is 8.87. The van der Waals surface area contributed by atoms with E-state index in [1.54, 1.807) is 0 Å². The molecule has 2 saturated carbocycles. The molecule has 1 saturated heterocycles. The zero-order valence-electron chi connectivity index (χ0n) is 18.5. The topological polar surface area (TPSA) is 29.5 Å². The summed E-state index contributed by atoms with van der Waals surface area (Å²) in [6, 6.07) is 10.2. The van der Waals surface area contributed by atoms with E-state index < -0.39 is 6.10 Å². The van der Waals surface area contributed by atoms with Crippen LogP contribution < -0.4 is 0 Å². The van der Waals surface area contributed by atoms with Crippen molar-refractivity contribution in [3.8, 4) is 0 Å². The molecule has 3 aliphatic rings. The van der Waals surface area contributed by atoms with Crippen LogP contribution in [-0.4, -0.2) is 38.9 Å². The number of hydrogen-bond donors (Lipinski definition) is 0. The molecule has 0 spiro atoms. The first-order valence-electron chi connectivity index (χ1n) is 10.8. The average molecular weight is 460 g/mol. The SMILES string of the molecule is CC1(C)[C@@H]2C[C@@H](Br)[C@](C)(O[C@H]3C(=O)N(C(C)(C)C)[C@H]3/C=C/c3ccccc3)C[C@@H]21. The van der Waals surface area contributed by atoms with Gasteiger partial charge in [-0.2, -0.15) is 0 Å². The lowest BCUT2D eigenvalue weighted by Gasteiger charge is -2.55. The molecule has 0 unspecified atom stereocenters. The number of carbonyl (C=O) groups excluding carboxylic acids is 1. The van der Waals surface area contributed by atoms with Gasteiger partial charge in [-0.15, -0.1) is 0 Å². The van der Waals surface area contributed by atoms with Gasteiger partial charge in [-0.1, -0.05) is 72.3 Å². The second-order valence-corrected chi connectivity index (χ2v) is 12.0. The summed E-state index contributed by atoms with van der Waals surface area (Å²) < 4.78 is 6.67. The van der Waals surface area contributed by atoms with Gasteiger partial charge >= 0.3 is 0 Å². The highest BCUT2D eigenvalue weighted by atomic mass is 79.9. The third kappa shape index (κ3) is 3.61. The molecule has 0 N–H and O–H groups in total. The molecule has 3 fully saturated rings. The predicted octanol–water partition coefficient (Wildman–Crippen LogP) is 5.68. The average Bonchev–Trinajstić information content (AvgIpc) is 3.15. The Morgan fingerprint density at radius 3 is 2.41 bits per heavy atom. The molecule has 1 aliphatic heterocycles. The number of nitrogens with zero attached hydrogens (tertiary/aromatic N) is 1. The molecule has 1 heterocycles. The van der Waals surface area contributed by atoms with Crippen molar-refractivity contribution in [1.29, 1.82) is 0 Å². The van der Waals surface area contributed by atoms with E-state index in [4.69, 9.17) is 4.74 Å². The first-order chi connectivity index (χ1) is 13.4. The summed E-state index contributed by atoms with van der Waals surface area (Å²) in [6.45, 7) is 13.2. The monoisotopic (exact) mass is 459 g/mol. The number of ether oxygens (including phenoxy) is 1.